The minimum Gasteiger partial charge on any atom is -0.482 e. The molecule has 3 heterocycles. The molecular formula is C23H20N4O3S. The maximum absolute atomic E-state index is 12.8. The zero-order valence-electron chi connectivity index (χ0n) is 16.9. The van der Waals surface area contributed by atoms with Crippen molar-refractivity contribution in [2.45, 2.75) is 31.2 Å². The maximum atomic E-state index is 12.8. The minimum atomic E-state index is 0.0280. The smallest absolute Gasteiger partial charge is 0.277 e. The Hall–Kier alpha value is -3.39. The Morgan fingerprint density at radius 1 is 1.16 bits per heavy atom. The summed E-state index contributed by atoms with van der Waals surface area (Å²) in [6.07, 6.45) is 2.60. The van der Waals surface area contributed by atoms with Crippen LogP contribution >= 0.6 is 11.8 Å². The van der Waals surface area contributed by atoms with Crippen LogP contribution in [-0.2, 0) is 17.8 Å². The van der Waals surface area contributed by atoms with Crippen LogP contribution in [0.2, 0.25) is 0 Å². The summed E-state index contributed by atoms with van der Waals surface area (Å²) < 4.78 is 11.5. The van der Waals surface area contributed by atoms with E-state index in [1.807, 2.05) is 53.4 Å². The number of nitrogens with zero attached hydrogens (tertiary/aromatic N) is 4. The van der Waals surface area contributed by atoms with Crippen LogP contribution in [0.1, 0.15) is 18.4 Å². The number of benzene rings is 2. The summed E-state index contributed by atoms with van der Waals surface area (Å²) in [5.41, 5.74) is 2.97. The normalized spacial score (nSPS) is 15.3. The molecule has 1 atom stereocenters. The van der Waals surface area contributed by atoms with Crippen LogP contribution in [0.25, 0.3) is 10.9 Å². The molecule has 0 N–H and O–H groups in total. The summed E-state index contributed by atoms with van der Waals surface area (Å²) in [4.78, 5) is 19.0. The highest BCUT2D eigenvalue weighted by molar-refractivity contribution is 7.99. The molecule has 5 rings (SSSR count). The average molecular weight is 433 g/mol. The van der Waals surface area contributed by atoms with Crippen LogP contribution in [0.15, 0.2) is 70.4 Å². The first-order valence-electron chi connectivity index (χ1n) is 10.0. The van der Waals surface area contributed by atoms with Gasteiger partial charge >= 0.3 is 0 Å². The highest BCUT2D eigenvalue weighted by Gasteiger charge is 2.30. The second-order valence-electron chi connectivity index (χ2n) is 7.32. The van der Waals surface area contributed by atoms with Crippen LogP contribution in [0.4, 0.5) is 5.69 Å². The number of hydrogen-bond donors (Lipinski definition) is 0. The van der Waals surface area contributed by atoms with Gasteiger partial charge in [0.25, 0.3) is 11.1 Å². The Balaban J connectivity index is 1.20. The molecule has 1 aliphatic rings. The molecule has 4 aromatic rings. The van der Waals surface area contributed by atoms with E-state index < -0.39 is 0 Å². The fourth-order valence-electron chi connectivity index (χ4n) is 3.83. The van der Waals surface area contributed by atoms with Crippen molar-refractivity contribution in [2.24, 2.45) is 0 Å². The van der Waals surface area contributed by atoms with Crippen molar-refractivity contribution in [3.63, 3.8) is 0 Å². The number of anilines is 1. The number of amides is 1. The molecule has 0 aliphatic carbocycles. The number of thioether (sulfide) groups is 1. The number of carbonyl (C=O) groups is 1. The highest BCUT2D eigenvalue weighted by Crippen LogP contribution is 2.33. The largest absolute Gasteiger partial charge is 0.482 e. The van der Waals surface area contributed by atoms with Crippen LogP contribution < -0.4 is 9.64 Å². The molecule has 0 spiro atoms. The number of hydrogen-bond acceptors (Lipinski definition) is 7. The van der Waals surface area contributed by atoms with Gasteiger partial charge in [0.05, 0.1) is 5.75 Å². The predicted octanol–water partition coefficient (Wildman–Crippen LogP) is 4.27. The Labute approximate surface area is 183 Å². The lowest BCUT2D eigenvalue weighted by Crippen LogP contribution is -2.36. The molecule has 0 radical (unpaired) electrons. The van der Waals surface area contributed by atoms with Crippen LogP contribution in [0.3, 0.4) is 0 Å². The van der Waals surface area contributed by atoms with Crippen LogP contribution in [0.5, 0.6) is 5.75 Å². The Morgan fingerprint density at radius 3 is 2.97 bits per heavy atom. The molecular weight excluding hydrogens is 412 g/mol. The van der Waals surface area contributed by atoms with E-state index in [1.54, 1.807) is 6.20 Å². The fraction of sp³-hybridized carbons (Fsp3) is 0.217. The van der Waals surface area contributed by atoms with Crippen molar-refractivity contribution in [3.8, 4) is 5.75 Å². The standard InChI is InChI=1S/C23H20N4O3S/c1-15-12-17-6-2-3-9-18(17)27(15)21(28)14-31-23-26-25-20(30-23)13-29-19-10-4-7-16-8-5-11-24-22(16)19/h2-11,15H,12-14H2,1H3. The Morgan fingerprint density at radius 2 is 2.03 bits per heavy atom. The van der Waals surface area contributed by atoms with Gasteiger partial charge in [0, 0.05) is 23.3 Å². The summed E-state index contributed by atoms with van der Waals surface area (Å²) in [5.74, 6) is 1.26. The summed E-state index contributed by atoms with van der Waals surface area (Å²) in [5, 5.41) is 9.41. The van der Waals surface area contributed by atoms with E-state index in [1.165, 1.54) is 17.3 Å². The summed E-state index contributed by atoms with van der Waals surface area (Å²) >= 11 is 1.24. The van der Waals surface area contributed by atoms with Gasteiger partial charge in [-0.1, -0.05) is 48.2 Å². The van der Waals surface area contributed by atoms with Gasteiger partial charge in [0.2, 0.25) is 5.91 Å². The summed E-state index contributed by atoms with van der Waals surface area (Å²) in [7, 11) is 0. The van der Waals surface area contributed by atoms with E-state index in [9.17, 15) is 4.79 Å². The lowest BCUT2D eigenvalue weighted by molar-refractivity contribution is -0.116. The van der Waals surface area contributed by atoms with Gasteiger partial charge in [-0.3, -0.25) is 9.78 Å². The quantitative estimate of drug-likeness (QED) is 0.421. The lowest BCUT2D eigenvalue weighted by Gasteiger charge is -2.22. The van der Waals surface area contributed by atoms with Gasteiger partial charge in [-0.15, -0.1) is 10.2 Å². The molecule has 0 saturated carbocycles. The number of carbonyl (C=O) groups excluding carboxylic acids is 1. The van der Waals surface area contributed by atoms with Gasteiger partial charge in [-0.25, -0.2) is 0 Å². The van der Waals surface area contributed by atoms with Crippen molar-refractivity contribution in [3.05, 3.63) is 72.2 Å². The fourth-order valence-corrected chi connectivity index (χ4v) is 4.47. The Bertz CT molecular complexity index is 1240. The SMILES string of the molecule is CC1Cc2ccccc2N1C(=O)CSc1nnc(COc2cccc3cccnc23)o1. The van der Waals surface area contributed by atoms with Crippen LogP contribution in [0, 0.1) is 0 Å². The molecule has 0 bridgehead atoms. The van der Waals surface area contributed by atoms with E-state index in [0.29, 0.717) is 16.9 Å². The molecule has 156 valence electrons. The van der Waals surface area contributed by atoms with E-state index in [2.05, 4.69) is 28.2 Å². The molecule has 7 nitrogen and oxygen atoms in total. The number of aromatic nitrogens is 3. The first-order chi connectivity index (χ1) is 15.2. The third kappa shape index (κ3) is 3.98. The van der Waals surface area contributed by atoms with Crippen molar-refractivity contribution in [2.75, 3.05) is 10.7 Å². The second-order valence-corrected chi connectivity index (χ2v) is 8.24. The molecule has 0 saturated heterocycles. The van der Waals surface area contributed by atoms with Crippen molar-refractivity contribution >= 4 is 34.3 Å². The first kappa shape index (κ1) is 19.6. The molecule has 1 unspecified atom stereocenters. The van der Waals surface area contributed by atoms with E-state index in [-0.39, 0.29) is 24.3 Å². The van der Waals surface area contributed by atoms with Crippen molar-refractivity contribution in [1.29, 1.82) is 0 Å². The number of ether oxygens (including phenoxy) is 1. The molecule has 2 aromatic heterocycles. The van der Waals surface area contributed by atoms with Gasteiger partial charge in [-0.05, 0) is 37.1 Å². The van der Waals surface area contributed by atoms with Crippen molar-refractivity contribution < 1.29 is 13.9 Å². The lowest BCUT2D eigenvalue weighted by atomic mass is 10.1. The number of fused-ring (bicyclic) bond motifs is 2. The van der Waals surface area contributed by atoms with Gasteiger partial charge in [0.15, 0.2) is 6.61 Å². The van der Waals surface area contributed by atoms with Crippen LogP contribution in [-0.4, -0.2) is 32.9 Å². The van der Waals surface area contributed by atoms with Gasteiger partial charge in [0.1, 0.15) is 11.3 Å². The monoisotopic (exact) mass is 432 g/mol. The maximum Gasteiger partial charge on any atom is 0.277 e. The van der Waals surface area contributed by atoms with E-state index >= 15 is 0 Å². The molecule has 1 amide bonds. The van der Waals surface area contributed by atoms with E-state index in [0.717, 1.165) is 23.0 Å². The minimum absolute atomic E-state index is 0.0280. The topological polar surface area (TPSA) is 81.4 Å². The third-order valence-electron chi connectivity index (χ3n) is 5.19. The van der Waals surface area contributed by atoms with Gasteiger partial charge in [-0.2, -0.15) is 0 Å². The summed E-state index contributed by atoms with van der Waals surface area (Å²) in [6, 6.07) is 17.8. The first-order valence-corrected chi connectivity index (χ1v) is 11.0. The van der Waals surface area contributed by atoms with E-state index in [4.69, 9.17) is 9.15 Å². The predicted molar refractivity (Wildman–Crippen MR) is 118 cm³/mol. The second kappa shape index (κ2) is 8.39. The zero-order chi connectivity index (χ0) is 21.2. The molecule has 1 aliphatic heterocycles. The molecule has 2 aromatic carbocycles. The third-order valence-corrected chi connectivity index (χ3v) is 5.99. The summed E-state index contributed by atoms with van der Waals surface area (Å²) in [6.45, 7) is 2.20. The Kier molecular flexibility index (Phi) is 5.30. The number of para-hydroxylation sites is 2. The number of pyridine rings is 1. The average Bonchev–Trinajstić information content (AvgIpc) is 3.39. The molecule has 8 heteroatoms. The van der Waals surface area contributed by atoms with Gasteiger partial charge < -0.3 is 14.1 Å². The molecule has 31 heavy (non-hydrogen) atoms. The zero-order valence-corrected chi connectivity index (χ0v) is 17.7. The number of rotatable bonds is 6. The highest BCUT2D eigenvalue weighted by atomic mass is 32.2. The molecule has 0 fully saturated rings. The van der Waals surface area contributed by atoms with Crippen molar-refractivity contribution in [1.82, 2.24) is 15.2 Å².